The number of carbonyl (C=O) groups is 2. The number of carbonyl (C=O) groups excluding carboxylic acids is 2. The van der Waals surface area contributed by atoms with Gasteiger partial charge < -0.3 is 9.80 Å². The van der Waals surface area contributed by atoms with E-state index in [0.29, 0.717) is 43.3 Å². The lowest BCUT2D eigenvalue weighted by atomic mass is 9.90. The molecule has 0 bridgehead atoms. The van der Waals surface area contributed by atoms with Crippen molar-refractivity contribution in [1.29, 1.82) is 0 Å². The maximum atomic E-state index is 13.7. The molecule has 6 nitrogen and oxygen atoms in total. The summed E-state index contributed by atoms with van der Waals surface area (Å²) >= 11 is 0. The van der Waals surface area contributed by atoms with E-state index in [1.54, 1.807) is 0 Å². The molecule has 1 unspecified atom stereocenters. The number of rotatable bonds is 6. The molecule has 6 rings (SSSR count). The van der Waals surface area contributed by atoms with Crippen LogP contribution in [0.1, 0.15) is 65.6 Å². The van der Waals surface area contributed by atoms with Gasteiger partial charge in [0.2, 0.25) is 5.91 Å². The van der Waals surface area contributed by atoms with Crippen LogP contribution in [-0.4, -0.2) is 95.4 Å². The average molecular weight is 651 g/mol. The Labute approximate surface area is 265 Å². The maximum Gasteiger partial charge on any atom is 0.416 e. The van der Waals surface area contributed by atoms with Crippen LogP contribution >= 0.6 is 0 Å². The number of halogens is 6. The highest BCUT2D eigenvalue weighted by Crippen LogP contribution is 2.38. The molecule has 3 atom stereocenters. The minimum Gasteiger partial charge on any atom is -0.341 e. The molecule has 1 aliphatic carbocycles. The number of piperidine rings is 2. The van der Waals surface area contributed by atoms with E-state index in [1.807, 2.05) is 35.2 Å². The minimum atomic E-state index is -5.03. The van der Waals surface area contributed by atoms with Gasteiger partial charge in [-0.15, -0.1) is 0 Å². The Hall–Kier alpha value is -3.12. The third kappa shape index (κ3) is 7.54. The first kappa shape index (κ1) is 32.8. The Bertz CT molecular complexity index is 1360. The molecule has 2 amide bonds. The summed E-state index contributed by atoms with van der Waals surface area (Å²) in [5.41, 5.74) is -2.64. The third-order valence-corrected chi connectivity index (χ3v) is 10.1. The number of likely N-dealkylation sites (tertiary alicyclic amines) is 2. The number of hydrogen-bond acceptors (Lipinski definition) is 4. The number of amides is 2. The van der Waals surface area contributed by atoms with Crippen molar-refractivity contribution in [3.05, 3.63) is 70.8 Å². The summed E-state index contributed by atoms with van der Waals surface area (Å²) in [5, 5.41) is 0. The van der Waals surface area contributed by atoms with Crippen LogP contribution in [0.2, 0.25) is 0 Å². The molecule has 12 heteroatoms. The van der Waals surface area contributed by atoms with Gasteiger partial charge in [-0.05, 0) is 68.7 Å². The Morgan fingerprint density at radius 3 is 1.91 bits per heavy atom. The molecular weight excluding hydrogens is 610 g/mol. The monoisotopic (exact) mass is 650 g/mol. The molecule has 1 saturated carbocycles. The van der Waals surface area contributed by atoms with Crippen molar-refractivity contribution in [3.63, 3.8) is 0 Å². The van der Waals surface area contributed by atoms with Crippen LogP contribution < -0.4 is 0 Å². The summed E-state index contributed by atoms with van der Waals surface area (Å²) in [6.07, 6.45) is -4.39. The summed E-state index contributed by atoms with van der Waals surface area (Å²) in [5.74, 6) is -0.297. The fourth-order valence-electron chi connectivity index (χ4n) is 7.46. The first-order valence-corrected chi connectivity index (χ1v) is 16.3. The smallest absolute Gasteiger partial charge is 0.341 e. The van der Waals surface area contributed by atoms with Gasteiger partial charge in [0.25, 0.3) is 5.91 Å². The molecule has 2 aromatic carbocycles. The summed E-state index contributed by atoms with van der Waals surface area (Å²) in [6, 6.07) is 10.6. The second-order valence-electron chi connectivity index (χ2n) is 13.2. The number of nitrogens with zero attached hydrogens (tertiary/aromatic N) is 4. The molecule has 0 radical (unpaired) electrons. The van der Waals surface area contributed by atoms with E-state index in [0.717, 1.165) is 70.5 Å². The molecule has 4 fully saturated rings. The van der Waals surface area contributed by atoms with Gasteiger partial charge in [0, 0.05) is 75.4 Å². The first-order chi connectivity index (χ1) is 21.9. The van der Waals surface area contributed by atoms with Gasteiger partial charge in [-0.25, -0.2) is 0 Å². The van der Waals surface area contributed by atoms with Gasteiger partial charge in [-0.3, -0.25) is 19.4 Å². The van der Waals surface area contributed by atoms with E-state index in [1.165, 1.54) is 4.90 Å². The zero-order chi connectivity index (χ0) is 32.6. The third-order valence-electron chi connectivity index (χ3n) is 10.1. The fraction of sp³-hybridized carbons (Fsp3) is 0.588. The average Bonchev–Trinajstić information content (AvgIpc) is 3.90. The van der Waals surface area contributed by atoms with Crippen LogP contribution in [0.25, 0.3) is 0 Å². The zero-order valence-corrected chi connectivity index (χ0v) is 25.7. The molecule has 3 aliphatic heterocycles. The standard InChI is InChI=1S/C34H40F6N4O2/c35-33(36,37)26-18-25(19-27(20-26)34(38,39)40)32(46)44-12-10-28(21-30(44)17-23-5-2-1-3-6-23)41-13-15-42(16-14-41)29-7-4-11-43(22-29)31(45)24-8-9-24/h1-3,5-6,18-20,24,28-30H,4,7-17,21-22H2/t28-,29?,30+/m0/s1. The van der Waals surface area contributed by atoms with Gasteiger partial charge >= 0.3 is 12.4 Å². The second-order valence-corrected chi connectivity index (χ2v) is 13.2. The van der Waals surface area contributed by atoms with Crippen LogP contribution in [0.3, 0.4) is 0 Å². The molecule has 3 heterocycles. The molecule has 2 aromatic rings. The van der Waals surface area contributed by atoms with Crippen LogP contribution in [0.4, 0.5) is 26.3 Å². The molecule has 46 heavy (non-hydrogen) atoms. The topological polar surface area (TPSA) is 47.1 Å². The van der Waals surface area contributed by atoms with Crippen LogP contribution in [0.15, 0.2) is 48.5 Å². The molecule has 0 spiro atoms. The minimum absolute atomic E-state index is 0.0555. The van der Waals surface area contributed by atoms with Crippen LogP contribution in [-0.2, 0) is 23.6 Å². The number of hydrogen-bond donors (Lipinski definition) is 0. The van der Waals surface area contributed by atoms with E-state index >= 15 is 0 Å². The number of benzene rings is 2. The molecule has 0 N–H and O–H groups in total. The Kier molecular flexibility index (Phi) is 9.40. The summed E-state index contributed by atoms with van der Waals surface area (Å²) < 4.78 is 81.5. The van der Waals surface area contributed by atoms with E-state index in [9.17, 15) is 35.9 Å². The van der Waals surface area contributed by atoms with E-state index < -0.39 is 41.0 Å². The summed E-state index contributed by atoms with van der Waals surface area (Å²) in [4.78, 5) is 34.8. The Balaban J connectivity index is 1.15. The fourth-order valence-corrected chi connectivity index (χ4v) is 7.46. The zero-order valence-electron chi connectivity index (χ0n) is 25.7. The number of piperazine rings is 1. The highest BCUT2D eigenvalue weighted by atomic mass is 19.4. The van der Waals surface area contributed by atoms with Crippen molar-refractivity contribution in [2.45, 2.75) is 75.4 Å². The van der Waals surface area contributed by atoms with Gasteiger partial charge in [0.1, 0.15) is 0 Å². The largest absolute Gasteiger partial charge is 0.416 e. The lowest BCUT2D eigenvalue weighted by Gasteiger charge is -2.48. The van der Waals surface area contributed by atoms with Crippen LogP contribution in [0, 0.1) is 5.92 Å². The predicted molar refractivity (Wildman–Crippen MR) is 160 cm³/mol. The van der Waals surface area contributed by atoms with Crippen molar-refractivity contribution >= 4 is 11.8 Å². The molecule has 4 aliphatic rings. The Morgan fingerprint density at radius 1 is 0.717 bits per heavy atom. The van der Waals surface area contributed by atoms with E-state index in [-0.39, 0.29) is 24.6 Å². The van der Waals surface area contributed by atoms with Gasteiger partial charge in [0.15, 0.2) is 0 Å². The maximum absolute atomic E-state index is 13.7. The highest BCUT2D eigenvalue weighted by molar-refractivity contribution is 5.95. The van der Waals surface area contributed by atoms with Gasteiger partial charge in [-0.2, -0.15) is 26.3 Å². The second kappa shape index (κ2) is 13.2. The quantitative estimate of drug-likeness (QED) is 0.363. The van der Waals surface area contributed by atoms with Crippen molar-refractivity contribution < 1.29 is 35.9 Å². The Morgan fingerprint density at radius 2 is 1.33 bits per heavy atom. The predicted octanol–water partition coefficient (Wildman–Crippen LogP) is 5.96. The van der Waals surface area contributed by atoms with Crippen molar-refractivity contribution in [1.82, 2.24) is 19.6 Å². The first-order valence-electron chi connectivity index (χ1n) is 16.3. The molecular formula is C34H40F6N4O2. The van der Waals surface area contributed by atoms with Crippen LogP contribution in [0.5, 0.6) is 0 Å². The SMILES string of the molecule is O=C(C1CC1)N1CCCC(N2CCN([C@H]3CCN(C(=O)c4cc(C(F)(F)F)cc(C(F)(F)F)c4)[C@H](Cc4ccccc4)C3)CC2)C1. The molecule has 250 valence electrons. The van der Waals surface area contributed by atoms with E-state index in [2.05, 4.69) is 9.80 Å². The molecule has 0 aromatic heterocycles. The van der Waals surface area contributed by atoms with E-state index in [4.69, 9.17) is 0 Å². The summed E-state index contributed by atoms with van der Waals surface area (Å²) in [6.45, 7) is 5.23. The summed E-state index contributed by atoms with van der Waals surface area (Å²) in [7, 11) is 0. The highest BCUT2D eigenvalue weighted by Gasteiger charge is 2.41. The molecule has 3 saturated heterocycles. The normalized spacial score (nSPS) is 25.5. The lowest BCUT2D eigenvalue weighted by molar-refractivity contribution is -0.143. The van der Waals surface area contributed by atoms with Crippen molar-refractivity contribution in [2.24, 2.45) is 5.92 Å². The van der Waals surface area contributed by atoms with Crippen molar-refractivity contribution in [3.8, 4) is 0 Å². The van der Waals surface area contributed by atoms with Crippen molar-refractivity contribution in [2.75, 3.05) is 45.8 Å². The lowest BCUT2D eigenvalue weighted by Crippen LogP contribution is -2.59. The van der Waals surface area contributed by atoms with Gasteiger partial charge in [-0.1, -0.05) is 30.3 Å². The van der Waals surface area contributed by atoms with Gasteiger partial charge in [0.05, 0.1) is 11.1 Å². The number of alkyl halides is 6.